The Morgan fingerprint density at radius 2 is 1.81 bits per heavy atom. The van der Waals surface area contributed by atoms with Crippen LogP contribution in [0.4, 0.5) is 0 Å². The van der Waals surface area contributed by atoms with Gasteiger partial charge in [-0.2, -0.15) is 0 Å². The zero-order valence-electron chi connectivity index (χ0n) is 15.5. The second-order valence-electron chi connectivity index (χ2n) is 7.22. The van der Waals surface area contributed by atoms with E-state index in [9.17, 15) is 5.11 Å². The van der Waals surface area contributed by atoms with Crippen molar-refractivity contribution in [3.63, 3.8) is 0 Å². The van der Waals surface area contributed by atoms with Gasteiger partial charge in [-0.3, -0.25) is 0 Å². The molecule has 2 N–H and O–H groups in total. The van der Waals surface area contributed by atoms with Crippen molar-refractivity contribution >= 4 is 11.0 Å². The molecule has 0 unspecified atom stereocenters. The van der Waals surface area contributed by atoms with E-state index < -0.39 is 0 Å². The van der Waals surface area contributed by atoms with E-state index in [1.165, 1.54) is 16.5 Å². The second kappa shape index (κ2) is 8.39. The lowest BCUT2D eigenvalue weighted by molar-refractivity contribution is 0.180. The van der Waals surface area contributed by atoms with Crippen molar-refractivity contribution < 1.29 is 14.3 Å². The first-order valence-electron chi connectivity index (χ1n) is 9.10. The maximum Gasteiger partial charge on any atom is 0.134 e. The molecule has 1 aromatic heterocycles. The van der Waals surface area contributed by atoms with Crippen molar-refractivity contribution in [2.24, 2.45) is 0 Å². The molecule has 0 atom stereocenters. The van der Waals surface area contributed by atoms with Crippen molar-refractivity contribution in [2.45, 2.75) is 32.2 Å². The summed E-state index contributed by atoms with van der Waals surface area (Å²) in [5.41, 5.74) is 3.20. The van der Waals surface area contributed by atoms with Crippen molar-refractivity contribution in [3.05, 3.63) is 65.9 Å². The van der Waals surface area contributed by atoms with Crippen molar-refractivity contribution in [1.82, 2.24) is 5.32 Å². The molecule has 0 bridgehead atoms. The highest BCUT2D eigenvalue weighted by Gasteiger charge is 2.14. The molecular formula is C22H27NO3. The summed E-state index contributed by atoms with van der Waals surface area (Å²) in [4.78, 5) is 0. The highest BCUT2D eigenvalue weighted by Crippen LogP contribution is 2.22. The van der Waals surface area contributed by atoms with E-state index >= 15 is 0 Å². The average molecular weight is 353 g/mol. The normalized spacial score (nSPS) is 11.8. The maximum absolute atomic E-state index is 9.21. The second-order valence-corrected chi connectivity index (χ2v) is 7.22. The molecule has 138 valence electrons. The molecule has 1 heterocycles. The number of furan rings is 1. The van der Waals surface area contributed by atoms with Gasteiger partial charge in [0.25, 0.3) is 0 Å². The number of hydrogen-bond acceptors (Lipinski definition) is 4. The molecule has 0 fully saturated rings. The molecule has 0 saturated heterocycles. The van der Waals surface area contributed by atoms with Crippen LogP contribution in [0.3, 0.4) is 0 Å². The Kier molecular flexibility index (Phi) is 5.96. The number of rotatable bonds is 9. The van der Waals surface area contributed by atoms with Crippen LogP contribution in [0, 0.1) is 0 Å². The van der Waals surface area contributed by atoms with Crippen LogP contribution in [0.2, 0.25) is 0 Å². The fourth-order valence-corrected chi connectivity index (χ4v) is 2.87. The van der Waals surface area contributed by atoms with E-state index in [-0.39, 0.29) is 12.1 Å². The Balaban J connectivity index is 1.47. The summed E-state index contributed by atoms with van der Waals surface area (Å²) in [6, 6.07) is 16.4. The standard InChI is InChI=1S/C22H27NO3/c1-22(2,16-24)23-13-14-25-19-11-8-17(9-12-19)7-10-18-15-26-21-6-4-3-5-20(18)21/h3-6,8-9,11-12,15,23-24H,7,10,13-14,16H2,1-2H3. The van der Waals surface area contributed by atoms with Gasteiger partial charge < -0.3 is 19.6 Å². The third-order valence-corrected chi connectivity index (χ3v) is 4.54. The number of aryl methyl sites for hydroxylation is 2. The number of para-hydroxylation sites is 1. The minimum atomic E-state index is -0.273. The highest BCUT2D eigenvalue weighted by molar-refractivity contribution is 5.80. The predicted octanol–water partition coefficient (Wildman–Crippen LogP) is 3.96. The Morgan fingerprint density at radius 1 is 1.04 bits per heavy atom. The smallest absolute Gasteiger partial charge is 0.134 e. The first kappa shape index (κ1) is 18.5. The van der Waals surface area contributed by atoms with Gasteiger partial charge in [0.2, 0.25) is 0 Å². The largest absolute Gasteiger partial charge is 0.492 e. The molecule has 0 saturated carbocycles. The number of ether oxygens (including phenoxy) is 1. The van der Waals surface area contributed by atoms with Gasteiger partial charge in [-0.05, 0) is 56.0 Å². The van der Waals surface area contributed by atoms with E-state index in [1.54, 1.807) is 0 Å². The third-order valence-electron chi connectivity index (χ3n) is 4.54. The number of aliphatic hydroxyl groups is 1. The van der Waals surface area contributed by atoms with Gasteiger partial charge in [-0.1, -0.05) is 30.3 Å². The molecule has 4 heteroatoms. The van der Waals surface area contributed by atoms with E-state index in [2.05, 4.69) is 23.5 Å². The van der Waals surface area contributed by atoms with Crippen LogP contribution >= 0.6 is 0 Å². The number of fused-ring (bicyclic) bond motifs is 1. The van der Waals surface area contributed by atoms with Crippen molar-refractivity contribution in [2.75, 3.05) is 19.8 Å². The SMILES string of the molecule is CC(C)(CO)NCCOc1ccc(CCc2coc3ccccc23)cc1. The lowest BCUT2D eigenvalue weighted by Gasteiger charge is -2.23. The molecular weight excluding hydrogens is 326 g/mol. The molecule has 2 aromatic carbocycles. The van der Waals surface area contributed by atoms with Crippen molar-refractivity contribution in [3.8, 4) is 5.75 Å². The fraction of sp³-hybridized carbons (Fsp3) is 0.364. The highest BCUT2D eigenvalue weighted by atomic mass is 16.5. The van der Waals surface area contributed by atoms with Gasteiger partial charge in [0, 0.05) is 17.5 Å². The van der Waals surface area contributed by atoms with Gasteiger partial charge in [0.05, 0.1) is 12.9 Å². The monoisotopic (exact) mass is 353 g/mol. The molecule has 0 aliphatic rings. The zero-order chi connectivity index (χ0) is 18.4. The summed E-state index contributed by atoms with van der Waals surface area (Å²) >= 11 is 0. The summed E-state index contributed by atoms with van der Waals surface area (Å²) in [5, 5.41) is 13.7. The first-order valence-corrected chi connectivity index (χ1v) is 9.10. The van der Waals surface area contributed by atoms with Gasteiger partial charge in [0.15, 0.2) is 0 Å². The lowest BCUT2D eigenvalue weighted by atomic mass is 10.0. The number of hydrogen-bond donors (Lipinski definition) is 2. The number of nitrogens with one attached hydrogen (secondary N) is 1. The Hall–Kier alpha value is -2.30. The summed E-state index contributed by atoms with van der Waals surface area (Å²) in [6.45, 7) is 5.30. The average Bonchev–Trinajstić information content (AvgIpc) is 3.08. The molecule has 0 radical (unpaired) electrons. The van der Waals surface area contributed by atoms with Crippen LogP contribution in [0.15, 0.2) is 59.2 Å². The predicted molar refractivity (Wildman–Crippen MR) is 105 cm³/mol. The van der Waals surface area contributed by atoms with Crippen LogP contribution in [-0.2, 0) is 12.8 Å². The van der Waals surface area contributed by atoms with Crippen LogP contribution in [0.5, 0.6) is 5.75 Å². The molecule has 26 heavy (non-hydrogen) atoms. The Bertz CT molecular complexity index is 821. The van der Waals surface area contributed by atoms with Crippen LogP contribution in [0.1, 0.15) is 25.0 Å². The topological polar surface area (TPSA) is 54.6 Å². The summed E-state index contributed by atoms with van der Waals surface area (Å²) < 4.78 is 11.4. The summed E-state index contributed by atoms with van der Waals surface area (Å²) in [6.07, 6.45) is 3.79. The van der Waals surface area contributed by atoms with Crippen LogP contribution in [-0.4, -0.2) is 30.4 Å². The third kappa shape index (κ3) is 4.87. The molecule has 0 amide bonds. The Labute approximate surface area is 154 Å². The number of aliphatic hydroxyl groups excluding tert-OH is 1. The van der Waals surface area contributed by atoms with Crippen LogP contribution < -0.4 is 10.1 Å². The molecule has 4 nitrogen and oxygen atoms in total. The maximum atomic E-state index is 9.21. The van der Waals surface area contributed by atoms with Gasteiger partial charge >= 0.3 is 0 Å². The zero-order valence-corrected chi connectivity index (χ0v) is 15.5. The molecule has 0 aliphatic carbocycles. The lowest BCUT2D eigenvalue weighted by Crippen LogP contribution is -2.44. The molecule has 3 rings (SSSR count). The minimum Gasteiger partial charge on any atom is -0.492 e. The summed E-state index contributed by atoms with van der Waals surface area (Å²) in [7, 11) is 0. The fourth-order valence-electron chi connectivity index (χ4n) is 2.87. The minimum absolute atomic E-state index is 0.105. The van der Waals surface area contributed by atoms with E-state index in [1.807, 2.05) is 50.4 Å². The first-order chi connectivity index (χ1) is 12.6. The van der Waals surface area contributed by atoms with E-state index in [4.69, 9.17) is 9.15 Å². The summed E-state index contributed by atoms with van der Waals surface area (Å²) in [5.74, 6) is 0.867. The molecule has 0 spiro atoms. The quantitative estimate of drug-likeness (QED) is 0.572. The van der Waals surface area contributed by atoms with Gasteiger partial charge in [-0.15, -0.1) is 0 Å². The van der Waals surface area contributed by atoms with Crippen LogP contribution in [0.25, 0.3) is 11.0 Å². The van der Waals surface area contributed by atoms with E-state index in [0.717, 1.165) is 24.2 Å². The van der Waals surface area contributed by atoms with Crippen molar-refractivity contribution in [1.29, 1.82) is 0 Å². The van der Waals surface area contributed by atoms with E-state index in [0.29, 0.717) is 13.2 Å². The molecule has 0 aliphatic heterocycles. The van der Waals surface area contributed by atoms with Gasteiger partial charge in [0.1, 0.15) is 17.9 Å². The molecule has 3 aromatic rings. The van der Waals surface area contributed by atoms with Gasteiger partial charge in [-0.25, -0.2) is 0 Å². The number of benzene rings is 2. The Morgan fingerprint density at radius 3 is 2.58 bits per heavy atom.